The van der Waals surface area contributed by atoms with Gasteiger partial charge < -0.3 is 15.2 Å². The van der Waals surface area contributed by atoms with Crippen LogP contribution in [0.2, 0.25) is 0 Å². The monoisotopic (exact) mass is 353 g/mol. The Labute approximate surface area is 133 Å². The molecule has 4 nitrogen and oxygen atoms in total. The van der Waals surface area contributed by atoms with Crippen LogP contribution in [0, 0.1) is 5.92 Å². The second-order valence-corrected chi connectivity index (χ2v) is 6.68. The lowest BCUT2D eigenvalue weighted by molar-refractivity contribution is -0.141. The molecular formula is C16H20BrNO3. The van der Waals surface area contributed by atoms with Gasteiger partial charge in [-0.3, -0.25) is 4.79 Å². The highest BCUT2D eigenvalue weighted by Gasteiger charge is 2.33. The van der Waals surface area contributed by atoms with Crippen molar-refractivity contribution in [1.29, 1.82) is 0 Å². The zero-order chi connectivity index (χ0) is 15.0. The van der Waals surface area contributed by atoms with Crippen LogP contribution >= 0.6 is 15.9 Å². The second kappa shape index (κ2) is 5.97. The van der Waals surface area contributed by atoms with Gasteiger partial charge in [0, 0.05) is 18.2 Å². The minimum atomic E-state index is -0.721. The van der Waals surface area contributed by atoms with E-state index < -0.39 is 5.97 Å². The van der Waals surface area contributed by atoms with Crippen LogP contribution in [0.25, 0.3) is 0 Å². The molecule has 2 N–H and O–H groups in total. The highest BCUT2D eigenvalue weighted by atomic mass is 79.9. The summed E-state index contributed by atoms with van der Waals surface area (Å²) >= 11 is 3.70. The van der Waals surface area contributed by atoms with Crippen LogP contribution in [0.15, 0.2) is 10.5 Å². The minimum Gasteiger partial charge on any atom is -0.495 e. The first kappa shape index (κ1) is 14.9. The number of benzene rings is 1. The number of carboxylic acid groups (broad SMARTS) is 1. The third-order valence-corrected chi connectivity index (χ3v) is 5.47. The number of methoxy groups -OCH3 is 1. The van der Waals surface area contributed by atoms with Gasteiger partial charge in [-0.05, 0) is 59.2 Å². The average molecular weight is 354 g/mol. The lowest BCUT2D eigenvalue weighted by Crippen LogP contribution is -2.18. The van der Waals surface area contributed by atoms with E-state index in [1.165, 1.54) is 24.0 Å². The van der Waals surface area contributed by atoms with E-state index in [-0.39, 0.29) is 12.0 Å². The number of carboxylic acids is 1. The molecule has 21 heavy (non-hydrogen) atoms. The number of ether oxygens (including phenoxy) is 1. The number of halogens is 1. The van der Waals surface area contributed by atoms with Crippen molar-refractivity contribution in [2.45, 2.75) is 38.1 Å². The molecule has 1 fully saturated rings. The van der Waals surface area contributed by atoms with Gasteiger partial charge in [0.15, 0.2) is 0 Å². The second-order valence-electron chi connectivity index (χ2n) is 5.89. The van der Waals surface area contributed by atoms with Crippen LogP contribution < -0.4 is 10.1 Å². The molecule has 5 heteroatoms. The third-order valence-electron chi connectivity index (χ3n) is 4.63. The molecule has 0 amide bonds. The Morgan fingerprint density at radius 2 is 2.19 bits per heavy atom. The van der Waals surface area contributed by atoms with Crippen LogP contribution in [-0.4, -0.2) is 24.7 Å². The highest BCUT2D eigenvalue weighted by molar-refractivity contribution is 9.10. The fraction of sp³-hybridized carbons (Fsp3) is 0.562. The molecule has 0 bridgehead atoms. The lowest BCUT2D eigenvalue weighted by Gasteiger charge is -2.24. The van der Waals surface area contributed by atoms with Crippen molar-refractivity contribution in [2.24, 2.45) is 5.92 Å². The number of rotatable bonds is 3. The Morgan fingerprint density at radius 1 is 1.43 bits per heavy atom. The van der Waals surface area contributed by atoms with Crippen molar-refractivity contribution >= 4 is 21.9 Å². The lowest BCUT2D eigenvalue weighted by atomic mass is 9.87. The Kier molecular flexibility index (Phi) is 4.22. The SMILES string of the molecule is COc1c(C2CC(C(=O)O)CN2)cc2c(c1Br)CCCC2. The summed E-state index contributed by atoms with van der Waals surface area (Å²) in [6, 6.07) is 2.28. The van der Waals surface area contributed by atoms with E-state index in [1.54, 1.807) is 7.11 Å². The Balaban J connectivity index is 1.98. The smallest absolute Gasteiger partial charge is 0.307 e. The number of hydrogen-bond acceptors (Lipinski definition) is 3. The maximum absolute atomic E-state index is 11.2. The van der Waals surface area contributed by atoms with E-state index in [1.807, 2.05) is 0 Å². The Bertz CT molecular complexity index is 573. The molecule has 2 atom stereocenters. The standard InChI is InChI=1S/C16H20BrNO3/c1-21-15-12(13-7-10(8-18-13)16(19)20)6-9-4-2-3-5-11(9)14(15)17/h6,10,13,18H,2-5,7-8H2,1H3,(H,19,20). The normalized spacial score (nSPS) is 24.7. The maximum atomic E-state index is 11.2. The van der Waals surface area contributed by atoms with Gasteiger partial charge in [0.05, 0.1) is 17.5 Å². The number of aryl methyl sites for hydroxylation is 1. The quantitative estimate of drug-likeness (QED) is 0.876. The fourth-order valence-electron chi connectivity index (χ4n) is 3.48. The summed E-state index contributed by atoms with van der Waals surface area (Å²) in [6.07, 6.45) is 5.25. The van der Waals surface area contributed by atoms with E-state index in [4.69, 9.17) is 4.74 Å². The molecule has 0 spiro atoms. The third kappa shape index (κ3) is 2.69. The fourth-order valence-corrected chi connectivity index (χ4v) is 4.33. The van der Waals surface area contributed by atoms with Crippen molar-refractivity contribution in [3.8, 4) is 5.75 Å². The van der Waals surface area contributed by atoms with Gasteiger partial charge in [0.1, 0.15) is 5.75 Å². The molecule has 0 aromatic heterocycles. The summed E-state index contributed by atoms with van der Waals surface area (Å²) in [5.41, 5.74) is 3.83. The molecule has 114 valence electrons. The van der Waals surface area contributed by atoms with Crippen molar-refractivity contribution < 1.29 is 14.6 Å². The summed E-state index contributed by atoms with van der Waals surface area (Å²) in [6.45, 7) is 0.526. The first-order valence-corrected chi connectivity index (χ1v) is 8.25. The van der Waals surface area contributed by atoms with Crippen LogP contribution in [0.1, 0.15) is 42.0 Å². The van der Waals surface area contributed by atoms with Gasteiger partial charge in [-0.1, -0.05) is 6.07 Å². The first-order chi connectivity index (χ1) is 10.1. The van der Waals surface area contributed by atoms with E-state index in [0.717, 1.165) is 28.6 Å². The predicted octanol–water partition coefficient (Wildman–Crippen LogP) is 3.07. The number of carbonyl (C=O) groups is 1. The zero-order valence-corrected chi connectivity index (χ0v) is 13.7. The average Bonchev–Trinajstić information content (AvgIpc) is 2.97. The van der Waals surface area contributed by atoms with Crippen LogP contribution in [0.4, 0.5) is 0 Å². The van der Waals surface area contributed by atoms with Gasteiger partial charge >= 0.3 is 5.97 Å². The van der Waals surface area contributed by atoms with E-state index in [0.29, 0.717) is 13.0 Å². The van der Waals surface area contributed by atoms with Crippen LogP contribution in [-0.2, 0) is 17.6 Å². The number of fused-ring (bicyclic) bond motifs is 1. The number of aliphatic carboxylic acids is 1. The summed E-state index contributed by atoms with van der Waals surface area (Å²) in [5, 5.41) is 12.5. The van der Waals surface area contributed by atoms with E-state index in [9.17, 15) is 9.90 Å². The molecule has 1 aliphatic heterocycles. The molecule has 0 radical (unpaired) electrons. The molecule has 3 rings (SSSR count). The number of hydrogen-bond donors (Lipinski definition) is 2. The molecule has 1 aliphatic carbocycles. The van der Waals surface area contributed by atoms with Crippen molar-refractivity contribution in [3.05, 3.63) is 27.2 Å². The summed E-state index contributed by atoms with van der Waals surface area (Å²) < 4.78 is 6.67. The molecule has 0 saturated carbocycles. The highest BCUT2D eigenvalue weighted by Crippen LogP contribution is 2.43. The van der Waals surface area contributed by atoms with Crippen molar-refractivity contribution in [2.75, 3.05) is 13.7 Å². The first-order valence-electron chi connectivity index (χ1n) is 7.46. The number of nitrogens with one attached hydrogen (secondary N) is 1. The Hall–Kier alpha value is -1.07. The summed E-state index contributed by atoms with van der Waals surface area (Å²) in [7, 11) is 1.68. The maximum Gasteiger partial charge on any atom is 0.307 e. The molecular weight excluding hydrogens is 334 g/mol. The molecule has 2 unspecified atom stereocenters. The summed E-state index contributed by atoms with van der Waals surface area (Å²) in [5.74, 6) is -0.172. The van der Waals surface area contributed by atoms with Crippen LogP contribution in [0.5, 0.6) is 5.75 Å². The van der Waals surface area contributed by atoms with Gasteiger partial charge in [-0.2, -0.15) is 0 Å². The molecule has 1 saturated heterocycles. The van der Waals surface area contributed by atoms with Gasteiger partial charge in [0.25, 0.3) is 0 Å². The minimum absolute atomic E-state index is 0.0598. The van der Waals surface area contributed by atoms with Crippen molar-refractivity contribution in [3.63, 3.8) is 0 Å². The van der Waals surface area contributed by atoms with Gasteiger partial charge in [-0.25, -0.2) is 0 Å². The van der Waals surface area contributed by atoms with Gasteiger partial charge in [0.2, 0.25) is 0 Å². The molecule has 1 heterocycles. The van der Waals surface area contributed by atoms with Crippen LogP contribution in [0.3, 0.4) is 0 Å². The molecule has 2 aliphatic rings. The van der Waals surface area contributed by atoms with Crippen molar-refractivity contribution in [1.82, 2.24) is 5.32 Å². The molecule has 1 aromatic rings. The predicted molar refractivity (Wildman–Crippen MR) is 83.8 cm³/mol. The van der Waals surface area contributed by atoms with E-state index in [2.05, 4.69) is 27.3 Å². The topological polar surface area (TPSA) is 58.6 Å². The van der Waals surface area contributed by atoms with E-state index >= 15 is 0 Å². The molecule has 1 aromatic carbocycles. The largest absolute Gasteiger partial charge is 0.495 e. The van der Waals surface area contributed by atoms with Gasteiger partial charge in [-0.15, -0.1) is 0 Å². The Morgan fingerprint density at radius 3 is 2.86 bits per heavy atom. The summed E-state index contributed by atoms with van der Waals surface area (Å²) in [4.78, 5) is 11.2. The zero-order valence-electron chi connectivity index (χ0n) is 12.1.